The molecular weight excluding hydrogens is 268 g/mol. The van der Waals surface area contributed by atoms with E-state index in [9.17, 15) is 0 Å². The number of rotatable bonds is 5. The van der Waals surface area contributed by atoms with Crippen LogP contribution < -0.4 is 5.32 Å². The molecule has 0 aliphatic carbocycles. The van der Waals surface area contributed by atoms with Crippen LogP contribution in [-0.2, 0) is 11.3 Å². The number of nitrogens with zero attached hydrogens (tertiary/aromatic N) is 3. The van der Waals surface area contributed by atoms with Crippen molar-refractivity contribution >= 4 is 0 Å². The molecule has 0 amide bonds. The summed E-state index contributed by atoms with van der Waals surface area (Å²) < 4.78 is 10.8. The first-order valence-corrected chi connectivity index (χ1v) is 8.16. The number of aromatic nitrogens is 2. The number of piperidine rings is 1. The number of aryl methyl sites for hydroxylation is 1. The summed E-state index contributed by atoms with van der Waals surface area (Å²) in [5.74, 6) is 1.44. The maximum Gasteiger partial charge on any atom is 0.223 e. The molecule has 0 aromatic carbocycles. The standard InChI is InChI=1S/C15H26N4O2/c1-12-17-15(18-21-12)11-19-7-4-5-13(10-19)16-9-14-6-2-3-8-20-14/h13-14,16H,2-11H2,1H3/t13-,14-/m1/s1. The Hall–Kier alpha value is -0.980. The summed E-state index contributed by atoms with van der Waals surface area (Å²) in [6, 6.07) is 0.553. The van der Waals surface area contributed by atoms with Gasteiger partial charge in [-0.1, -0.05) is 5.16 Å². The predicted octanol–water partition coefficient (Wildman–Crippen LogP) is 1.50. The molecule has 0 bridgehead atoms. The van der Waals surface area contributed by atoms with Crippen molar-refractivity contribution in [1.82, 2.24) is 20.4 Å². The van der Waals surface area contributed by atoms with E-state index in [1.165, 1.54) is 32.1 Å². The first kappa shape index (κ1) is 14.9. The van der Waals surface area contributed by atoms with Crippen LogP contribution in [0.3, 0.4) is 0 Å². The van der Waals surface area contributed by atoms with Crippen molar-refractivity contribution in [3.8, 4) is 0 Å². The Bertz CT molecular complexity index is 431. The zero-order valence-corrected chi connectivity index (χ0v) is 12.9. The third-order valence-electron chi connectivity index (χ3n) is 4.35. The van der Waals surface area contributed by atoms with Crippen molar-refractivity contribution in [2.45, 2.75) is 57.7 Å². The van der Waals surface area contributed by atoms with Gasteiger partial charge in [0.15, 0.2) is 5.82 Å². The van der Waals surface area contributed by atoms with Gasteiger partial charge in [-0.15, -0.1) is 0 Å². The summed E-state index contributed by atoms with van der Waals surface area (Å²) >= 11 is 0. The maximum atomic E-state index is 5.79. The van der Waals surface area contributed by atoms with Gasteiger partial charge in [-0.05, 0) is 38.6 Å². The van der Waals surface area contributed by atoms with Crippen LogP contribution >= 0.6 is 0 Å². The van der Waals surface area contributed by atoms with Crippen LogP contribution in [0.15, 0.2) is 4.52 Å². The van der Waals surface area contributed by atoms with E-state index in [0.717, 1.165) is 38.6 Å². The molecule has 118 valence electrons. The van der Waals surface area contributed by atoms with Crippen LogP contribution in [-0.4, -0.2) is 53.4 Å². The van der Waals surface area contributed by atoms with Crippen molar-refractivity contribution in [2.75, 3.05) is 26.2 Å². The largest absolute Gasteiger partial charge is 0.377 e. The van der Waals surface area contributed by atoms with Crippen molar-refractivity contribution in [1.29, 1.82) is 0 Å². The highest BCUT2D eigenvalue weighted by Crippen LogP contribution is 2.15. The zero-order chi connectivity index (χ0) is 14.5. The van der Waals surface area contributed by atoms with Crippen LogP contribution in [0.4, 0.5) is 0 Å². The van der Waals surface area contributed by atoms with Crippen molar-refractivity contribution in [3.63, 3.8) is 0 Å². The van der Waals surface area contributed by atoms with E-state index < -0.39 is 0 Å². The Kier molecular flexibility index (Phi) is 5.22. The van der Waals surface area contributed by atoms with E-state index in [1.807, 2.05) is 6.92 Å². The monoisotopic (exact) mass is 294 g/mol. The Morgan fingerprint density at radius 1 is 1.29 bits per heavy atom. The quantitative estimate of drug-likeness (QED) is 0.888. The van der Waals surface area contributed by atoms with Crippen LogP contribution in [0.25, 0.3) is 0 Å². The van der Waals surface area contributed by atoms with Gasteiger partial charge in [0.2, 0.25) is 5.89 Å². The average Bonchev–Trinajstić information content (AvgIpc) is 2.92. The minimum Gasteiger partial charge on any atom is -0.377 e. The Balaban J connectivity index is 1.42. The number of hydrogen-bond donors (Lipinski definition) is 1. The molecule has 2 aliphatic heterocycles. The summed E-state index contributed by atoms with van der Waals surface area (Å²) in [5.41, 5.74) is 0. The van der Waals surface area contributed by atoms with E-state index in [1.54, 1.807) is 0 Å². The molecule has 2 aliphatic rings. The van der Waals surface area contributed by atoms with Crippen LogP contribution in [0.2, 0.25) is 0 Å². The van der Waals surface area contributed by atoms with Crippen LogP contribution in [0, 0.1) is 6.92 Å². The molecule has 6 nitrogen and oxygen atoms in total. The van der Waals surface area contributed by atoms with Crippen molar-refractivity contribution < 1.29 is 9.26 Å². The smallest absolute Gasteiger partial charge is 0.223 e. The Morgan fingerprint density at radius 3 is 3.00 bits per heavy atom. The lowest BCUT2D eigenvalue weighted by molar-refractivity contribution is 0.0134. The zero-order valence-electron chi connectivity index (χ0n) is 12.9. The van der Waals surface area contributed by atoms with Gasteiger partial charge >= 0.3 is 0 Å². The van der Waals surface area contributed by atoms with Gasteiger partial charge < -0.3 is 14.6 Å². The lowest BCUT2D eigenvalue weighted by Crippen LogP contribution is -2.47. The first-order chi connectivity index (χ1) is 10.3. The second-order valence-electron chi connectivity index (χ2n) is 6.20. The highest BCUT2D eigenvalue weighted by atomic mass is 16.5. The highest BCUT2D eigenvalue weighted by Gasteiger charge is 2.22. The lowest BCUT2D eigenvalue weighted by Gasteiger charge is -2.33. The SMILES string of the molecule is Cc1nc(CN2CCC[C@@H](NC[C@H]3CCCCO3)C2)no1. The summed E-state index contributed by atoms with van der Waals surface area (Å²) in [5, 5.41) is 7.67. The third-order valence-corrected chi connectivity index (χ3v) is 4.35. The Morgan fingerprint density at radius 2 is 2.24 bits per heavy atom. The molecule has 2 saturated heterocycles. The Labute approximate surface area is 126 Å². The summed E-state index contributed by atoms with van der Waals surface area (Å²) in [7, 11) is 0. The molecule has 3 heterocycles. The highest BCUT2D eigenvalue weighted by molar-refractivity contribution is 4.87. The minimum absolute atomic E-state index is 0.411. The summed E-state index contributed by atoms with van der Waals surface area (Å²) in [6.45, 7) is 6.71. The van der Waals surface area contributed by atoms with Gasteiger partial charge in [0, 0.05) is 32.7 Å². The van der Waals surface area contributed by atoms with Gasteiger partial charge in [0.25, 0.3) is 0 Å². The first-order valence-electron chi connectivity index (χ1n) is 8.16. The minimum atomic E-state index is 0.411. The average molecular weight is 294 g/mol. The van der Waals surface area contributed by atoms with E-state index in [-0.39, 0.29) is 0 Å². The van der Waals surface area contributed by atoms with E-state index >= 15 is 0 Å². The van der Waals surface area contributed by atoms with Gasteiger partial charge in [-0.25, -0.2) is 0 Å². The lowest BCUT2D eigenvalue weighted by atomic mass is 10.0. The molecule has 2 fully saturated rings. The molecular formula is C15H26N4O2. The van der Waals surface area contributed by atoms with Crippen molar-refractivity contribution in [3.05, 3.63) is 11.7 Å². The second kappa shape index (κ2) is 7.33. The predicted molar refractivity (Wildman–Crippen MR) is 78.9 cm³/mol. The van der Waals surface area contributed by atoms with Gasteiger partial charge in [0.1, 0.15) is 0 Å². The number of ether oxygens (including phenoxy) is 1. The molecule has 0 unspecified atom stereocenters. The third kappa shape index (κ3) is 4.49. The molecule has 1 aromatic rings. The summed E-state index contributed by atoms with van der Waals surface area (Å²) in [4.78, 5) is 6.70. The number of likely N-dealkylation sites (tertiary alicyclic amines) is 1. The molecule has 6 heteroatoms. The van der Waals surface area contributed by atoms with Crippen LogP contribution in [0.1, 0.15) is 43.8 Å². The number of hydrogen-bond acceptors (Lipinski definition) is 6. The van der Waals surface area contributed by atoms with Gasteiger partial charge in [-0.3, -0.25) is 4.90 Å². The molecule has 21 heavy (non-hydrogen) atoms. The fourth-order valence-corrected chi connectivity index (χ4v) is 3.24. The van der Waals surface area contributed by atoms with Gasteiger partial charge in [-0.2, -0.15) is 4.98 Å². The molecule has 1 aromatic heterocycles. The fraction of sp³-hybridized carbons (Fsp3) is 0.867. The van der Waals surface area contributed by atoms with E-state index in [2.05, 4.69) is 20.4 Å². The number of nitrogens with one attached hydrogen (secondary N) is 1. The fourth-order valence-electron chi connectivity index (χ4n) is 3.24. The molecule has 0 radical (unpaired) electrons. The topological polar surface area (TPSA) is 63.4 Å². The summed E-state index contributed by atoms with van der Waals surface area (Å²) in [6.07, 6.45) is 6.60. The molecule has 0 spiro atoms. The molecule has 0 saturated carbocycles. The van der Waals surface area contributed by atoms with Crippen molar-refractivity contribution in [2.24, 2.45) is 0 Å². The molecule has 2 atom stereocenters. The second-order valence-corrected chi connectivity index (χ2v) is 6.20. The molecule has 1 N–H and O–H groups in total. The van der Waals surface area contributed by atoms with E-state index in [0.29, 0.717) is 18.0 Å². The van der Waals surface area contributed by atoms with Gasteiger partial charge in [0.05, 0.1) is 12.6 Å². The van der Waals surface area contributed by atoms with E-state index in [4.69, 9.17) is 9.26 Å². The normalized spacial score (nSPS) is 27.9. The van der Waals surface area contributed by atoms with Crippen LogP contribution in [0.5, 0.6) is 0 Å². The maximum absolute atomic E-state index is 5.79. The molecule has 3 rings (SSSR count).